The Morgan fingerprint density at radius 3 is 2.63 bits per heavy atom. The van der Waals surface area contributed by atoms with Crippen molar-refractivity contribution >= 4 is 11.7 Å². The second-order valence-corrected chi connectivity index (χ2v) is 6.40. The summed E-state index contributed by atoms with van der Waals surface area (Å²) in [6, 6.07) is 19.3. The zero-order valence-corrected chi connectivity index (χ0v) is 15.5. The molecule has 0 aliphatic carbocycles. The van der Waals surface area contributed by atoms with Crippen LogP contribution < -0.4 is 15.4 Å². The van der Waals surface area contributed by atoms with Crippen LogP contribution in [0.15, 0.2) is 66.9 Å². The van der Waals surface area contributed by atoms with Crippen molar-refractivity contribution in [3.8, 4) is 5.88 Å². The smallest absolute Gasteiger partial charge is 0.319 e. The minimum absolute atomic E-state index is 0.243. The van der Waals surface area contributed by atoms with E-state index in [1.807, 2.05) is 74.5 Å². The zero-order valence-electron chi connectivity index (χ0n) is 15.5. The molecule has 0 fully saturated rings. The molecule has 0 aliphatic rings. The quantitative estimate of drug-likeness (QED) is 0.674. The van der Waals surface area contributed by atoms with E-state index in [9.17, 15) is 4.79 Å². The molecule has 0 spiro atoms. The van der Waals surface area contributed by atoms with Gasteiger partial charge in [0.15, 0.2) is 0 Å². The number of carbonyl (C=O) groups excluding carboxylic acids is 1. The first-order valence-corrected chi connectivity index (χ1v) is 8.84. The Morgan fingerprint density at radius 1 is 1.00 bits per heavy atom. The van der Waals surface area contributed by atoms with E-state index in [4.69, 9.17) is 4.74 Å². The van der Waals surface area contributed by atoms with Gasteiger partial charge >= 0.3 is 6.03 Å². The largest absolute Gasteiger partial charge is 0.473 e. The van der Waals surface area contributed by atoms with Crippen molar-refractivity contribution in [2.24, 2.45) is 0 Å². The normalized spacial score (nSPS) is 10.3. The van der Waals surface area contributed by atoms with E-state index in [0.717, 1.165) is 27.9 Å². The highest BCUT2D eigenvalue weighted by atomic mass is 16.5. The number of ether oxygens (including phenoxy) is 1. The van der Waals surface area contributed by atoms with E-state index in [-0.39, 0.29) is 6.03 Å². The summed E-state index contributed by atoms with van der Waals surface area (Å²) < 4.78 is 5.72. The molecule has 1 heterocycles. The molecule has 0 atom stereocenters. The number of hydrogen-bond acceptors (Lipinski definition) is 3. The van der Waals surface area contributed by atoms with Crippen LogP contribution in [0.3, 0.4) is 0 Å². The van der Waals surface area contributed by atoms with Crippen molar-refractivity contribution in [3.05, 3.63) is 89.1 Å². The van der Waals surface area contributed by atoms with Gasteiger partial charge in [-0.15, -0.1) is 0 Å². The van der Waals surface area contributed by atoms with Gasteiger partial charge in [0, 0.05) is 24.5 Å². The number of pyridine rings is 1. The SMILES string of the molecule is Cc1ccc(C)c(NC(=O)NCc2ccnc(OCc3ccccc3)c2)c1. The van der Waals surface area contributed by atoms with Crippen LogP contribution in [-0.2, 0) is 13.2 Å². The van der Waals surface area contributed by atoms with Gasteiger partial charge in [0.25, 0.3) is 0 Å². The average molecular weight is 361 g/mol. The van der Waals surface area contributed by atoms with Crippen LogP contribution in [-0.4, -0.2) is 11.0 Å². The van der Waals surface area contributed by atoms with Gasteiger partial charge in [0.2, 0.25) is 5.88 Å². The summed E-state index contributed by atoms with van der Waals surface area (Å²) in [6.45, 7) is 4.81. The molecular formula is C22H23N3O2. The molecule has 0 unspecified atom stereocenters. The second-order valence-electron chi connectivity index (χ2n) is 6.40. The molecule has 0 saturated carbocycles. The van der Waals surface area contributed by atoms with Crippen molar-refractivity contribution in [3.63, 3.8) is 0 Å². The molecule has 0 aliphatic heterocycles. The standard InChI is InChI=1S/C22H23N3O2/c1-16-8-9-17(2)20(12-16)25-22(26)24-14-19-10-11-23-21(13-19)27-15-18-6-4-3-5-7-18/h3-13H,14-15H2,1-2H3,(H2,24,25,26). The molecule has 138 valence electrons. The van der Waals surface area contributed by atoms with Gasteiger partial charge in [-0.1, -0.05) is 42.5 Å². The molecule has 3 rings (SSSR count). The highest BCUT2D eigenvalue weighted by Gasteiger charge is 2.06. The van der Waals surface area contributed by atoms with Crippen molar-refractivity contribution in [2.45, 2.75) is 27.0 Å². The summed E-state index contributed by atoms with van der Waals surface area (Å²) in [4.78, 5) is 16.4. The Hall–Kier alpha value is -3.34. The monoisotopic (exact) mass is 361 g/mol. The van der Waals surface area contributed by atoms with Crippen molar-refractivity contribution < 1.29 is 9.53 Å². The maximum absolute atomic E-state index is 12.2. The van der Waals surface area contributed by atoms with Crippen LogP contribution in [0.4, 0.5) is 10.5 Å². The number of rotatable bonds is 6. The van der Waals surface area contributed by atoms with Gasteiger partial charge in [-0.3, -0.25) is 0 Å². The van der Waals surface area contributed by atoms with Gasteiger partial charge in [-0.25, -0.2) is 9.78 Å². The average Bonchev–Trinajstić information content (AvgIpc) is 2.69. The summed E-state index contributed by atoms with van der Waals surface area (Å²) in [5.41, 5.74) is 4.94. The van der Waals surface area contributed by atoms with Crippen molar-refractivity contribution in [1.82, 2.24) is 10.3 Å². The van der Waals surface area contributed by atoms with Gasteiger partial charge in [0.05, 0.1) is 0 Å². The topological polar surface area (TPSA) is 63.2 Å². The fourth-order valence-electron chi connectivity index (χ4n) is 2.59. The number of carbonyl (C=O) groups is 1. The third kappa shape index (κ3) is 5.57. The fourth-order valence-corrected chi connectivity index (χ4v) is 2.59. The Bertz CT molecular complexity index is 910. The lowest BCUT2D eigenvalue weighted by molar-refractivity contribution is 0.251. The number of nitrogens with zero attached hydrogens (tertiary/aromatic N) is 1. The van der Waals surface area contributed by atoms with Gasteiger partial charge in [-0.2, -0.15) is 0 Å². The van der Waals surface area contributed by atoms with Crippen LogP contribution in [0, 0.1) is 13.8 Å². The Kier molecular flexibility index (Phi) is 6.05. The van der Waals surface area contributed by atoms with Gasteiger partial charge < -0.3 is 15.4 Å². The molecule has 5 heteroatoms. The fraction of sp³-hybridized carbons (Fsp3) is 0.182. The highest BCUT2D eigenvalue weighted by Crippen LogP contribution is 2.16. The maximum atomic E-state index is 12.2. The first-order chi connectivity index (χ1) is 13.1. The Balaban J connectivity index is 1.53. The number of hydrogen-bond donors (Lipinski definition) is 2. The lowest BCUT2D eigenvalue weighted by Crippen LogP contribution is -2.28. The van der Waals surface area contributed by atoms with Gasteiger partial charge in [-0.05, 0) is 48.2 Å². The maximum Gasteiger partial charge on any atom is 0.319 e. The molecule has 1 aromatic heterocycles. The van der Waals surface area contributed by atoms with Crippen molar-refractivity contribution in [1.29, 1.82) is 0 Å². The first kappa shape index (κ1) is 18.5. The molecular weight excluding hydrogens is 338 g/mol. The van der Waals surface area contributed by atoms with Gasteiger partial charge in [0.1, 0.15) is 6.61 Å². The Labute approximate surface area is 159 Å². The molecule has 2 N–H and O–H groups in total. The number of amides is 2. The van der Waals surface area contributed by atoms with E-state index in [0.29, 0.717) is 19.0 Å². The van der Waals surface area contributed by atoms with E-state index in [1.165, 1.54) is 0 Å². The molecule has 5 nitrogen and oxygen atoms in total. The Morgan fingerprint density at radius 2 is 1.81 bits per heavy atom. The molecule has 0 bridgehead atoms. The first-order valence-electron chi connectivity index (χ1n) is 8.84. The van der Waals surface area contributed by atoms with Crippen LogP contribution in [0.2, 0.25) is 0 Å². The van der Waals surface area contributed by atoms with E-state index in [2.05, 4.69) is 15.6 Å². The summed E-state index contributed by atoms with van der Waals surface area (Å²) in [5, 5.41) is 5.75. The molecule has 3 aromatic rings. The highest BCUT2D eigenvalue weighted by molar-refractivity contribution is 5.90. The molecule has 2 aromatic carbocycles. The minimum atomic E-state index is -0.243. The number of urea groups is 1. The molecule has 0 saturated heterocycles. The van der Waals surface area contributed by atoms with Crippen LogP contribution in [0.5, 0.6) is 5.88 Å². The van der Waals surface area contributed by atoms with Crippen molar-refractivity contribution in [2.75, 3.05) is 5.32 Å². The van der Waals surface area contributed by atoms with Crippen LogP contribution in [0.1, 0.15) is 22.3 Å². The number of nitrogens with one attached hydrogen (secondary N) is 2. The molecule has 0 radical (unpaired) electrons. The third-order valence-corrected chi connectivity index (χ3v) is 4.12. The predicted octanol–water partition coefficient (Wildman–Crippen LogP) is 4.60. The second kappa shape index (κ2) is 8.85. The van der Waals surface area contributed by atoms with E-state index in [1.54, 1.807) is 6.20 Å². The zero-order chi connectivity index (χ0) is 19.1. The van der Waals surface area contributed by atoms with E-state index >= 15 is 0 Å². The number of anilines is 1. The third-order valence-electron chi connectivity index (χ3n) is 4.12. The minimum Gasteiger partial charge on any atom is -0.473 e. The lowest BCUT2D eigenvalue weighted by atomic mass is 10.1. The summed E-state index contributed by atoms with van der Waals surface area (Å²) in [5.74, 6) is 0.535. The molecule has 27 heavy (non-hydrogen) atoms. The predicted molar refractivity (Wildman–Crippen MR) is 107 cm³/mol. The lowest BCUT2D eigenvalue weighted by Gasteiger charge is -2.11. The summed E-state index contributed by atoms with van der Waals surface area (Å²) in [6.07, 6.45) is 1.68. The number of aryl methyl sites for hydroxylation is 2. The van der Waals surface area contributed by atoms with Crippen LogP contribution >= 0.6 is 0 Å². The summed E-state index contributed by atoms with van der Waals surface area (Å²) in [7, 11) is 0. The number of benzene rings is 2. The number of aromatic nitrogens is 1. The summed E-state index contributed by atoms with van der Waals surface area (Å²) >= 11 is 0. The molecule has 2 amide bonds. The van der Waals surface area contributed by atoms with E-state index < -0.39 is 0 Å². The van der Waals surface area contributed by atoms with Crippen LogP contribution in [0.25, 0.3) is 0 Å².